The van der Waals surface area contributed by atoms with Crippen molar-refractivity contribution in [2.24, 2.45) is 5.73 Å². The number of nitrogens with one attached hydrogen (secondary N) is 2. The quantitative estimate of drug-likeness (QED) is 0.265. The first-order valence-corrected chi connectivity index (χ1v) is 13.0. The highest BCUT2D eigenvalue weighted by molar-refractivity contribution is 7.22. The van der Waals surface area contributed by atoms with Crippen LogP contribution in [0.1, 0.15) is 37.0 Å². The van der Waals surface area contributed by atoms with Crippen molar-refractivity contribution in [3.63, 3.8) is 0 Å². The second kappa shape index (κ2) is 10.8. The summed E-state index contributed by atoms with van der Waals surface area (Å²) in [6.45, 7) is 5.24. The van der Waals surface area contributed by atoms with Crippen molar-refractivity contribution < 1.29 is 32.6 Å². The fraction of sp³-hybridized carbons (Fsp3) is 0.400. The lowest BCUT2D eigenvalue weighted by Gasteiger charge is -2.48. The second-order valence-corrected chi connectivity index (χ2v) is 10.1. The van der Waals surface area contributed by atoms with Crippen molar-refractivity contribution in [2.45, 2.75) is 44.9 Å². The lowest BCUT2D eigenvalue weighted by atomic mass is 9.99. The number of likely N-dealkylation sites (N-methyl/N-ethyl adjacent to an activating group) is 2. The topological polar surface area (TPSA) is 133 Å². The molecule has 210 valence electrons. The predicted octanol–water partition coefficient (Wildman–Crippen LogP) is 4.50. The fourth-order valence-corrected chi connectivity index (χ4v) is 5.92. The van der Waals surface area contributed by atoms with Gasteiger partial charge in [0.25, 0.3) is 0 Å². The van der Waals surface area contributed by atoms with Gasteiger partial charge in [0.2, 0.25) is 11.7 Å². The number of alkyl halides is 3. The number of carbonyl (C=O) groups is 2. The molecule has 2 heterocycles. The smallest absolute Gasteiger partial charge is 0.478 e. The summed E-state index contributed by atoms with van der Waals surface area (Å²) in [7, 11) is 1.83. The number of aromatic nitrogens is 1. The molecule has 2 atom stereocenters. The van der Waals surface area contributed by atoms with Crippen LogP contribution in [0.25, 0.3) is 10.2 Å². The SMILES string of the molecule is CCN(CC)C(CCC(N)=O)C1(Nc2nc3ccc(OC(F)(F)F)cc3s2)Nc2cc(C(=O)O)ccc2N1C. The third kappa shape index (κ3) is 5.81. The van der Waals surface area contributed by atoms with Crippen LogP contribution in [0, 0.1) is 0 Å². The highest BCUT2D eigenvalue weighted by Crippen LogP contribution is 2.44. The average molecular weight is 567 g/mol. The molecule has 0 radical (unpaired) electrons. The van der Waals surface area contributed by atoms with Crippen LogP contribution in [0.15, 0.2) is 36.4 Å². The van der Waals surface area contributed by atoms with Crippen LogP contribution in [0.2, 0.25) is 0 Å². The standard InChI is InChI=1S/C25H29F3N6O4S/c1-4-34(5-2)20(10-11-21(29)35)24(31-17-12-14(22(36)37)6-9-18(17)33(24)3)32-23-30-16-8-7-15(13-19(16)39-23)38-25(26,27)28/h6-9,12-13,20,31H,4-5,10-11H2,1-3H3,(H2,29,35)(H,30,32)(H,36,37). The van der Waals surface area contributed by atoms with Crippen LogP contribution in [0.5, 0.6) is 5.75 Å². The van der Waals surface area contributed by atoms with Crippen molar-refractivity contribution >= 4 is 49.9 Å². The third-order valence-corrected chi connectivity index (χ3v) is 7.68. The number of nitrogens with two attached hydrogens (primary N) is 1. The summed E-state index contributed by atoms with van der Waals surface area (Å²) in [5, 5.41) is 16.8. The maximum absolute atomic E-state index is 12.7. The number of aromatic carboxylic acids is 1. The zero-order valence-corrected chi connectivity index (χ0v) is 22.3. The number of hydrogen-bond donors (Lipinski definition) is 4. The first kappa shape index (κ1) is 28.2. The fourth-order valence-electron chi connectivity index (χ4n) is 4.96. The van der Waals surface area contributed by atoms with E-state index in [1.165, 1.54) is 30.3 Å². The molecule has 10 nitrogen and oxygen atoms in total. The predicted molar refractivity (Wildman–Crippen MR) is 143 cm³/mol. The van der Waals surface area contributed by atoms with E-state index in [9.17, 15) is 27.9 Å². The van der Waals surface area contributed by atoms with Gasteiger partial charge < -0.3 is 31.1 Å². The molecule has 0 bridgehead atoms. The molecule has 2 aromatic carbocycles. The molecule has 1 aliphatic rings. The van der Waals surface area contributed by atoms with E-state index >= 15 is 0 Å². The van der Waals surface area contributed by atoms with Crippen molar-refractivity contribution in [3.8, 4) is 5.75 Å². The summed E-state index contributed by atoms with van der Waals surface area (Å²) in [6, 6.07) is 8.27. The molecule has 0 saturated carbocycles. The van der Waals surface area contributed by atoms with Gasteiger partial charge in [0, 0.05) is 19.5 Å². The van der Waals surface area contributed by atoms with Gasteiger partial charge in [0.15, 0.2) is 5.13 Å². The molecule has 1 amide bonds. The Labute approximate surface area is 226 Å². The zero-order chi connectivity index (χ0) is 28.5. The van der Waals surface area contributed by atoms with E-state index in [2.05, 4.69) is 25.3 Å². The van der Waals surface area contributed by atoms with Crippen LogP contribution < -0.4 is 26.0 Å². The number of carboxylic acids is 1. The number of thiazole rings is 1. The largest absolute Gasteiger partial charge is 0.573 e. The lowest BCUT2D eigenvalue weighted by Crippen LogP contribution is -2.68. The molecule has 1 aromatic heterocycles. The number of carbonyl (C=O) groups excluding carboxylic acids is 1. The van der Waals surface area contributed by atoms with Crippen molar-refractivity contribution in [3.05, 3.63) is 42.0 Å². The number of amides is 1. The summed E-state index contributed by atoms with van der Waals surface area (Å²) in [5.41, 5.74) is 7.36. The van der Waals surface area contributed by atoms with Gasteiger partial charge in [-0.2, -0.15) is 0 Å². The molecular weight excluding hydrogens is 537 g/mol. The normalized spacial score (nSPS) is 17.7. The molecule has 3 aromatic rings. The van der Waals surface area contributed by atoms with Gasteiger partial charge in [-0.3, -0.25) is 9.69 Å². The molecule has 4 rings (SSSR count). The first-order valence-electron chi connectivity index (χ1n) is 12.2. The number of hydrogen-bond acceptors (Lipinski definition) is 9. The average Bonchev–Trinajstić information content (AvgIpc) is 3.37. The maximum atomic E-state index is 12.7. The molecule has 1 aliphatic heterocycles. The number of anilines is 3. The molecule has 39 heavy (non-hydrogen) atoms. The van der Waals surface area contributed by atoms with E-state index in [-0.39, 0.29) is 23.8 Å². The van der Waals surface area contributed by atoms with Crippen molar-refractivity contribution in [1.29, 1.82) is 0 Å². The van der Waals surface area contributed by atoms with E-state index in [4.69, 9.17) is 5.73 Å². The second-order valence-electron chi connectivity index (χ2n) is 9.05. The van der Waals surface area contributed by atoms with E-state index < -0.39 is 24.0 Å². The number of halogens is 3. The lowest BCUT2D eigenvalue weighted by molar-refractivity contribution is -0.274. The minimum Gasteiger partial charge on any atom is -0.478 e. The number of carboxylic acid groups (broad SMARTS) is 1. The van der Waals surface area contributed by atoms with E-state index in [0.29, 0.717) is 46.2 Å². The number of benzene rings is 2. The molecule has 0 aliphatic carbocycles. The van der Waals surface area contributed by atoms with Crippen LogP contribution in [-0.4, -0.2) is 65.2 Å². The van der Waals surface area contributed by atoms with Gasteiger partial charge in [0.1, 0.15) is 5.75 Å². The van der Waals surface area contributed by atoms with Gasteiger partial charge in [-0.1, -0.05) is 25.2 Å². The van der Waals surface area contributed by atoms with E-state index in [1.54, 1.807) is 6.07 Å². The van der Waals surface area contributed by atoms with Gasteiger partial charge in [-0.15, -0.1) is 13.2 Å². The Morgan fingerprint density at radius 1 is 1.26 bits per heavy atom. The van der Waals surface area contributed by atoms with Crippen molar-refractivity contribution in [1.82, 2.24) is 9.88 Å². The minimum atomic E-state index is -4.82. The Balaban J connectivity index is 1.80. The Hall–Kier alpha value is -3.78. The highest BCUT2D eigenvalue weighted by Gasteiger charge is 2.50. The number of rotatable bonds is 11. The molecule has 5 N–H and O–H groups in total. The van der Waals surface area contributed by atoms with Gasteiger partial charge in [0.05, 0.1) is 33.2 Å². The van der Waals surface area contributed by atoms with Crippen LogP contribution in [0.3, 0.4) is 0 Å². The molecular formula is C25H29F3N6O4S. The minimum absolute atomic E-state index is 0.0921. The summed E-state index contributed by atoms with van der Waals surface area (Å²) in [6.07, 6.45) is -4.37. The van der Waals surface area contributed by atoms with Crippen LogP contribution in [0.4, 0.5) is 29.7 Å². The van der Waals surface area contributed by atoms with Gasteiger partial charge >= 0.3 is 12.3 Å². The summed E-state index contributed by atoms with van der Waals surface area (Å²) < 4.78 is 42.8. The van der Waals surface area contributed by atoms with Gasteiger partial charge in [-0.05, 0) is 49.8 Å². The monoisotopic (exact) mass is 566 g/mol. The maximum Gasteiger partial charge on any atom is 0.573 e. The number of ether oxygens (including phenoxy) is 1. The van der Waals surface area contributed by atoms with Crippen LogP contribution >= 0.6 is 11.3 Å². The molecule has 2 unspecified atom stereocenters. The summed E-state index contributed by atoms with van der Waals surface area (Å²) in [5.74, 6) is -3.03. The van der Waals surface area contributed by atoms with E-state index in [1.807, 2.05) is 25.8 Å². The summed E-state index contributed by atoms with van der Waals surface area (Å²) >= 11 is 1.14. The number of fused-ring (bicyclic) bond motifs is 2. The Morgan fingerprint density at radius 3 is 2.59 bits per heavy atom. The molecule has 0 saturated heterocycles. The Kier molecular flexibility index (Phi) is 7.80. The zero-order valence-electron chi connectivity index (χ0n) is 21.5. The summed E-state index contributed by atoms with van der Waals surface area (Å²) in [4.78, 5) is 32.1. The van der Waals surface area contributed by atoms with E-state index in [0.717, 1.165) is 11.3 Å². The van der Waals surface area contributed by atoms with Crippen molar-refractivity contribution in [2.75, 3.05) is 35.7 Å². The molecule has 0 spiro atoms. The highest BCUT2D eigenvalue weighted by atomic mass is 32.1. The molecule has 14 heteroatoms. The Bertz CT molecular complexity index is 1380. The van der Waals surface area contributed by atoms with Crippen LogP contribution in [-0.2, 0) is 4.79 Å². The number of primary amides is 1. The number of nitrogens with zero attached hydrogens (tertiary/aromatic N) is 3. The molecule has 0 fully saturated rings. The Morgan fingerprint density at radius 2 is 1.97 bits per heavy atom. The van der Waals surface area contributed by atoms with Gasteiger partial charge in [-0.25, -0.2) is 9.78 Å². The first-order chi connectivity index (χ1) is 18.4. The third-order valence-electron chi connectivity index (χ3n) is 6.75.